The van der Waals surface area contributed by atoms with E-state index in [2.05, 4.69) is 36.4 Å². The monoisotopic (exact) mass is 236 g/mol. The number of allylic oxidation sites excluding steroid dienone is 2. The van der Waals surface area contributed by atoms with Crippen LogP contribution in [0.3, 0.4) is 0 Å². The molecule has 0 saturated carbocycles. The van der Waals surface area contributed by atoms with E-state index < -0.39 is 0 Å². The van der Waals surface area contributed by atoms with Crippen molar-refractivity contribution < 1.29 is 4.74 Å². The van der Waals surface area contributed by atoms with Crippen LogP contribution >= 0.6 is 0 Å². The second-order valence-corrected chi connectivity index (χ2v) is 5.28. The van der Waals surface area contributed by atoms with Gasteiger partial charge in [0.25, 0.3) is 0 Å². The van der Waals surface area contributed by atoms with Crippen molar-refractivity contribution in [3.63, 3.8) is 0 Å². The van der Waals surface area contributed by atoms with E-state index in [1.54, 1.807) is 0 Å². The molecule has 90 valence electrons. The summed E-state index contributed by atoms with van der Waals surface area (Å²) in [6.07, 6.45) is 6.04. The molecule has 0 aromatic heterocycles. The largest absolute Gasteiger partial charge is 0.461 e. The minimum absolute atomic E-state index is 1.08. The number of rotatable bonds is 0. The zero-order valence-corrected chi connectivity index (χ0v) is 10.4. The van der Waals surface area contributed by atoms with Crippen molar-refractivity contribution in [1.82, 2.24) is 0 Å². The second kappa shape index (κ2) is 3.88. The van der Waals surface area contributed by atoms with Crippen LogP contribution in [0.15, 0.2) is 47.7 Å². The van der Waals surface area contributed by atoms with Gasteiger partial charge in [0.1, 0.15) is 11.5 Å². The van der Waals surface area contributed by atoms with Gasteiger partial charge >= 0.3 is 0 Å². The van der Waals surface area contributed by atoms with Gasteiger partial charge in [-0.15, -0.1) is 0 Å². The molecule has 2 aliphatic rings. The Morgan fingerprint density at radius 2 is 1.78 bits per heavy atom. The van der Waals surface area contributed by atoms with Crippen molar-refractivity contribution in [3.05, 3.63) is 53.3 Å². The lowest BCUT2D eigenvalue weighted by molar-refractivity contribution is 0.357. The van der Waals surface area contributed by atoms with Crippen molar-refractivity contribution >= 4 is 10.8 Å². The minimum atomic E-state index is 1.08. The van der Waals surface area contributed by atoms with E-state index in [4.69, 9.17) is 4.74 Å². The molecule has 0 atom stereocenters. The zero-order chi connectivity index (χ0) is 11.9. The molecule has 1 heterocycles. The van der Waals surface area contributed by atoms with Gasteiger partial charge in [0.2, 0.25) is 0 Å². The van der Waals surface area contributed by atoms with Gasteiger partial charge in [-0.25, -0.2) is 0 Å². The fourth-order valence-electron chi connectivity index (χ4n) is 3.19. The predicted molar refractivity (Wildman–Crippen MR) is 73.8 cm³/mol. The molecule has 1 nitrogen and oxygen atoms in total. The highest BCUT2D eigenvalue weighted by molar-refractivity contribution is 5.88. The Bertz CT molecular complexity index is 652. The number of ether oxygens (including phenoxy) is 1. The van der Waals surface area contributed by atoms with E-state index >= 15 is 0 Å². The number of hydrogen-bond acceptors (Lipinski definition) is 1. The molecule has 1 aliphatic carbocycles. The second-order valence-electron chi connectivity index (χ2n) is 5.28. The molecular formula is C17H16O. The van der Waals surface area contributed by atoms with Gasteiger partial charge in [0.15, 0.2) is 0 Å². The summed E-state index contributed by atoms with van der Waals surface area (Å²) >= 11 is 0. The molecule has 0 N–H and O–H groups in total. The van der Waals surface area contributed by atoms with Gasteiger partial charge in [-0.05, 0) is 41.7 Å². The lowest BCUT2D eigenvalue weighted by atomic mass is 9.88. The zero-order valence-electron chi connectivity index (χ0n) is 10.4. The van der Waals surface area contributed by atoms with Crippen LogP contribution in [0.1, 0.15) is 31.2 Å². The Morgan fingerprint density at radius 1 is 0.889 bits per heavy atom. The van der Waals surface area contributed by atoms with Crippen molar-refractivity contribution in [2.24, 2.45) is 0 Å². The van der Waals surface area contributed by atoms with Gasteiger partial charge in [0, 0.05) is 18.4 Å². The van der Waals surface area contributed by atoms with Gasteiger partial charge in [-0.3, -0.25) is 0 Å². The van der Waals surface area contributed by atoms with Crippen LogP contribution in [0.5, 0.6) is 5.75 Å². The van der Waals surface area contributed by atoms with E-state index in [1.165, 1.54) is 46.9 Å². The standard InChI is InChI=1S/C17H16O/c1-3-7-14-12(5-1)9-10-17-15(14)11-13-6-2-4-8-16(13)18-17/h1,3,5,7,9-10H,2,4,6,8,11H2. The molecule has 1 aliphatic heterocycles. The van der Waals surface area contributed by atoms with Crippen LogP contribution in [-0.2, 0) is 6.42 Å². The molecule has 0 radical (unpaired) electrons. The van der Waals surface area contributed by atoms with Crippen LogP contribution in [0.25, 0.3) is 10.8 Å². The maximum Gasteiger partial charge on any atom is 0.131 e. The SMILES string of the molecule is c1ccc2c3c(ccc2c1)OC1=C(CCCC1)C3. The Hall–Kier alpha value is -1.76. The maximum atomic E-state index is 6.12. The highest BCUT2D eigenvalue weighted by Gasteiger charge is 2.23. The molecule has 1 heteroatoms. The topological polar surface area (TPSA) is 9.23 Å². The van der Waals surface area contributed by atoms with E-state index in [0.717, 1.165) is 18.6 Å². The van der Waals surface area contributed by atoms with Crippen molar-refractivity contribution in [1.29, 1.82) is 0 Å². The first kappa shape index (κ1) is 10.2. The third-order valence-electron chi connectivity index (χ3n) is 4.15. The molecule has 0 bridgehead atoms. The summed E-state index contributed by atoms with van der Waals surface area (Å²) < 4.78 is 6.12. The lowest BCUT2D eigenvalue weighted by Crippen LogP contribution is -2.14. The summed E-state index contributed by atoms with van der Waals surface area (Å²) in [5.74, 6) is 2.33. The van der Waals surface area contributed by atoms with Gasteiger partial charge < -0.3 is 4.74 Å². The predicted octanol–water partition coefficient (Wildman–Crippen LogP) is 4.60. The summed E-state index contributed by atoms with van der Waals surface area (Å²) in [6.45, 7) is 0. The minimum Gasteiger partial charge on any atom is -0.461 e. The molecule has 4 rings (SSSR count). The van der Waals surface area contributed by atoms with Crippen molar-refractivity contribution in [2.45, 2.75) is 32.1 Å². The van der Waals surface area contributed by atoms with Crippen LogP contribution in [0.2, 0.25) is 0 Å². The Morgan fingerprint density at radius 3 is 2.78 bits per heavy atom. The van der Waals surface area contributed by atoms with E-state index in [9.17, 15) is 0 Å². The molecule has 0 saturated heterocycles. The number of benzene rings is 2. The first-order valence-corrected chi connectivity index (χ1v) is 6.81. The smallest absolute Gasteiger partial charge is 0.131 e. The summed E-state index contributed by atoms with van der Waals surface area (Å²) in [5, 5.41) is 2.67. The van der Waals surface area contributed by atoms with E-state index in [0.29, 0.717) is 0 Å². The van der Waals surface area contributed by atoms with Gasteiger partial charge in [-0.2, -0.15) is 0 Å². The summed E-state index contributed by atoms with van der Waals surface area (Å²) in [5.41, 5.74) is 2.92. The highest BCUT2D eigenvalue weighted by atomic mass is 16.5. The summed E-state index contributed by atoms with van der Waals surface area (Å²) in [7, 11) is 0. The molecule has 18 heavy (non-hydrogen) atoms. The van der Waals surface area contributed by atoms with Crippen molar-refractivity contribution in [2.75, 3.05) is 0 Å². The first-order chi connectivity index (χ1) is 8.92. The molecule has 2 aromatic rings. The van der Waals surface area contributed by atoms with Gasteiger partial charge in [-0.1, -0.05) is 30.3 Å². The molecule has 0 amide bonds. The molecule has 0 fully saturated rings. The average molecular weight is 236 g/mol. The molecule has 2 aromatic carbocycles. The van der Waals surface area contributed by atoms with Crippen LogP contribution < -0.4 is 4.74 Å². The maximum absolute atomic E-state index is 6.12. The Kier molecular flexibility index (Phi) is 2.19. The first-order valence-electron chi connectivity index (χ1n) is 6.81. The highest BCUT2D eigenvalue weighted by Crippen LogP contribution is 2.40. The Balaban J connectivity index is 1.89. The van der Waals surface area contributed by atoms with Crippen LogP contribution in [0, 0.1) is 0 Å². The van der Waals surface area contributed by atoms with Crippen LogP contribution in [0.4, 0.5) is 0 Å². The third kappa shape index (κ3) is 1.47. The summed E-state index contributed by atoms with van der Waals surface area (Å²) in [6, 6.07) is 12.9. The van der Waals surface area contributed by atoms with Crippen molar-refractivity contribution in [3.8, 4) is 5.75 Å². The quantitative estimate of drug-likeness (QED) is 0.649. The third-order valence-corrected chi connectivity index (χ3v) is 4.15. The number of hydrogen-bond donors (Lipinski definition) is 0. The fraction of sp³-hybridized carbons (Fsp3) is 0.294. The normalized spacial score (nSPS) is 18.2. The molecular weight excluding hydrogens is 220 g/mol. The van der Waals surface area contributed by atoms with E-state index in [-0.39, 0.29) is 0 Å². The summed E-state index contributed by atoms with van der Waals surface area (Å²) in [4.78, 5) is 0. The van der Waals surface area contributed by atoms with Gasteiger partial charge in [0.05, 0.1) is 0 Å². The fourth-order valence-corrected chi connectivity index (χ4v) is 3.19. The lowest BCUT2D eigenvalue weighted by Gasteiger charge is -2.27. The molecule has 0 spiro atoms. The number of fused-ring (bicyclic) bond motifs is 3. The molecule has 0 unspecified atom stereocenters. The average Bonchev–Trinajstić information content (AvgIpc) is 2.45. The van der Waals surface area contributed by atoms with E-state index in [1.807, 2.05) is 0 Å². The Labute approximate surface area is 107 Å². The van der Waals surface area contributed by atoms with Crippen LogP contribution in [-0.4, -0.2) is 0 Å².